The second-order valence-corrected chi connectivity index (χ2v) is 8.73. The Morgan fingerprint density at radius 1 is 1.24 bits per heavy atom. The second-order valence-electron chi connectivity index (χ2n) is 6.87. The molecule has 5 nitrogen and oxygen atoms in total. The molecule has 2 aliphatic heterocycles. The van der Waals surface area contributed by atoms with Gasteiger partial charge in [0.05, 0.1) is 23.7 Å². The molecule has 0 fully saturated rings. The van der Waals surface area contributed by atoms with Gasteiger partial charge in [0.1, 0.15) is 11.5 Å². The van der Waals surface area contributed by atoms with Crippen molar-refractivity contribution in [2.75, 3.05) is 7.11 Å². The third-order valence-electron chi connectivity index (χ3n) is 5.16. The number of nitrogens with zero attached hydrogens (tertiary/aromatic N) is 2. The summed E-state index contributed by atoms with van der Waals surface area (Å²) in [6.45, 7) is 0. The van der Waals surface area contributed by atoms with Crippen molar-refractivity contribution in [2.45, 2.75) is 18.7 Å². The number of Topliss-reactive ketones (excluding diaryl/α,β-unsaturated/α-hetero) is 1. The molecule has 1 aromatic heterocycles. The van der Waals surface area contributed by atoms with E-state index in [1.54, 1.807) is 42.7 Å². The van der Waals surface area contributed by atoms with Gasteiger partial charge in [-0.3, -0.25) is 4.79 Å². The number of ether oxygens (including phenoxy) is 2. The number of ketones is 1. The van der Waals surface area contributed by atoms with Gasteiger partial charge >= 0.3 is 0 Å². The Bertz CT molecular complexity index is 1100. The van der Waals surface area contributed by atoms with Crippen LogP contribution in [0.5, 0.6) is 11.5 Å². The zero-order chi connectivity index (χ0) is 20.0. The van der Waals surface area contributed by atoms with Gasteiger partial charge in [0.25, 0.3) is 6.23 Å². The quantitative estimate of drug-likeness (QED) is 0.489. The van der Waals surface area contributed by atoms with Gasteiger partial charge < -0.3 is 9.47 Å². The Morgan fingerprint density at radius 3 is 2.79 bits per heavy atom. The maximum atomic E-state index is 13.3. The first-order valence-electron chi connectivity index (χ1n) is 9.18. The number of carbonyl (C=O) groups excluding carboxylic acids is 1. The van der Waals surface area contributed by atoms with Crippen LogP contribution in [0.1, 0.15) is 33.3 Å². The highest BCUT2D eigenvalue weighted by molar-refractivity contribution is 9.10. The maximum absolute atomic E-state index is 13.3. The van der Waals surface area contributed by atoms with Crippen LogP contribution in [0, 0.1) is 0 Å². The van der Waals surface area contributed by atoms with Crippen molar-refractivity contribution in [1.82, 2.24) is 5.01 Å². The standard InChI is InChI=1S/C22H17BrN2O3S/c1-27-15-7-4-13(5-8-15)21(26)22-25-18(12-17(24-25)20-3-2-10-29-20)16-11-14(23)6-9-19(16)28-22/h2-11,18,22H,12H2,1H3/t18-,22+/m1/s1. The van der Waals surface area contributed by atoms with E-state index in [-0.39, 0.29) is 11.8 Å². The molecule has 0 amide bonds. The Morgan fingerprint density at radius 2 is 2.07 bits per heavy atom. The van der Waals surface area contributed by atoms with Crippen LogP contribution in [-0.2, 0) is 0 Å². The van der Waals surface area contributed by atoms with Crippen molar-refractivity contribution in [2.24, 2.45) is 5.10 Å². The first kappa shape index (κ1) is 18.4. The maximum Gasteiger partial charge on any atom is 0.251 e. The first-order chi connectivity index (χ1) is 14.1. The van der Waals surface area contributed by atoms with Gasteiger partial charge in [0.2, 0.25) is 5.78 Å². The molecule has 0 bridgehead atoms. The topological polar surface area (TPSA) is 51.1 Å². The summed E-state index contributed by atoms with van der Waals surface area (Å²) in [5.41, 5.74) is 2.58. The van der Waals surface area contributed by atoms with Gasteiger partial charge in [-0.1, -0.05) is 22.0 Å². The molecule has 3 heterocycles. The van der Waals surface area contributed by atoms with Gasteiger partial charge in [-0.15, -0.1) is 11.3 Å². The van der Waals surface area contributed by atoms with E-state index >= 15 is 0 Å². The molecule has 29 heavy (non-hydrogen) atoms. The summed E-state index contributed by atoms with van der Waals surface area (Å²) in [6, 6.07) is 17.0. The summed E-state index contributed by atoms with van der Waals surface area (Å²) in [7, 11) is 1.60. The summed E-state index contributed by atoms with van der Waals surface area (Å²) >= 11 is 5.20. The Balaban J connectivity index is 1.55. The second kappa shape index (κ2) is 7.31. The number of hydrazone groups is 1. The minimum Gasteiger partial charge on any atom is -0.497 e. The number of methoxy groups -OCH3 is 1. The number of halogens is 1. The van der Waals surface area contributed by atoms with Crippen molar-refractivity contribution >= 4 is 38.8 Å². The summed E-state index contributed by atoms with van der Waals surface area (Å²) in [5, 5.41) is 8.67. The Kier molecular flexibility index (Phi) is 4.64. The largest absolute Gasteiger partial charge is 0.497 e. The molecule has 0 N–H and O–H groups in total. The van der Waals surface area contributed by atoms with Gasteiger partial charge in [-0.05, 0) is 53.9 Å². The fourth-order valence-electron chi connectivity index (χ4n) is 3.72. The molecule has 3 aromatic rings. The van der Waals surface area contributed by atoms with E-state index in [2.05, 4.69) is 22.0 Å². The molecule has 5 rings (SSSR count). The molecule has 2 aliphatic rings. The SMILES string of the molecule is COc1ccc(C(=O)[C@@H]2Oc3ccc(Br)cc3[C@H]3CC(c4cccs4)=NN32)cc1. The predicted molar refractivity (Wildman–Crippen MR) is 116 cm³/mol. The fraction of sp³-hybridized carbons (Fsp3) is 0.182. The van der Waals surface area contributed by atoms with Crippen LogP contribution >= 0.6 is 27.3 Å². The average Bonchev–Trinajstić information content (AvgIpc) is 3.43. The van der Waals surface area contributed by atoms with Gasteiger partial charge in [0.15, 0.2) is 0 Å². The number of thiophene rings is 1. The van der Waals surface area contributed by atoms with E-state index in [1.165, 1.54) is 0 Å². The zero-order valence-corrected chi connectivity index (χ0v) is 17.9. The van der Waals surface area contributed by atoms with Crippen LogP contribution in [0.2, 0.25) is 0 Å². The summed E-state index contributed by atoms with van der Waals surface area (Å²) in [5.74, 6) is 1.31. The Labute approximate surface area is 180 Å². The van der Waals surface area contributed by atoms with E-state index in [0.29, 0.717) is 11.3 Å². The van der Waals surface area contributed by atoms with Crippen LogP contribution in [-0.4, -0.2) is 29.8 Å². The molecule has 0 aliphatic carbocycles. The molecule has 146 valence electrons. The number of fused-ring (bicyclic) bond motifs is 3. The fourth-order valence-corrected chi connectivity index (χ4v) is 4.82. The van der Waals surface area contributed by atoms with Crippen molar-refractivity contribution in [3.8, 4) is 11.5 Å². The van der Waals surface area contributed by atoms with E-state index in [9.17, 15) is 4.79 Å². The molecule has 2 aromatic carbocycles. The minimum atomic E-state index is -0.806. The van der Waals surface area contributed by atoms with Gasteiger partial charge in [-0.25, -0.2) is 5.01 Å². The molecule has 2 atom stereocenters. The van der Waals surface area contributed by atoms with Gasteiger partial charge in [0, 0.05) is 22.0 Å². The van der Waals surface area contributed by atoms with Crippen LogP contribution in [0.15, 0.2) is 69.6 Å². The lowest BCUT2D eigenvalue weighted by atomic mass is 9.97. The lowest BCUT2D eigenvalue weighted by Gasteiger charge is -2.37. The number of hydrogen-bond acceptors (Lipinski definition) is 6. The third-order valence-corrected chi connectivity index (χ3v) is 6.57. The molecule has 0 spiro atoms. The van der Waals surface area contributed by atoms with Crippen molar-refractivity contribution in [1.29, 1.82) is 0 Å². The van der Waals surface area contributed by atoms with Crippen LogP contribution in [0.4, 0.5) is 0 Å². The molecule has 0 unspecified atom stereocenters. The van der Waals surface area contributed by atoms with E-state index in [1.807, 2.05) is 34.7 Å². The van der Waals surface area contributed by atoms with E-state index < -0.39 is 6.23 Å². The first-order valence-corrected chi connectivity index (χ1v) is 10.9. The Hall–Kier alpha value is -2.64. The normalized spacial score (nSPS) is 19.8. The molecule has 7 heteroatoms. The molecule has 0 saturated carbocycles. The lowest BCUT2D eigenvalue weighted by molar-refractivity contribution is -0.00459. The van der Waals surface area contributed by atoms with Crippen LogP contribution in [0.25, 0.3) is 0 Å². The number of carbonyl (C=O) groups is 1. The lowest BCUT2D eigenvalue weighted by Crippen LogP contribution is -2.45. The molecular weight excluding hydrogens is 452 g/mol. The summed E-state index contributed by atoms with van der Waals surface area (Å²) in [4.78, 5) is 14.4. The predicted octanol–water partition coefficient (Wildman–Crippen LogP) is 5.27. The molecule has 0 saturated heterocycles. The number of rotatable bonds is 4. The smallest absolute Gasteiger partial charge is 0.251 e. The van der Waals surface area contributed by atoms with Crippen molar-refractivity contribution in [3.63, 3.8) is 0 Å². The van der Waals surface area contributed by atoms with E-state index in [0.717, 1.165) is 32.8 Å². The van der Waals surface area contributed by atoms with Crippen LogP contribution in [0.3, 0.4) is 0 Å². The summed E-state index contributed by atoms with van der Waals surface area (Å²) < 4.78 is 12.3. The highest BCUT2D eigenvalue weighted by Crippen LogP contribution is 2.44. The highest BCUT2D eigenvalue weighted by Gasteiger charge is 2.43. The van der Waals surface area contributed by atoms with Crippen molar-refractivity contribution in [3.05, 3.63) is 80.5 Å². The highest BCUT2D eigenvalue weighted by atomic mass is 79.9. The van der Waals surface area contributed by atoms with Crippen molar-refractivity contribution < 1.29 is 14.3 Å². The third kappa shape index (κ3) is 3.24. The average molecular weight is 469 g/mol. The summed E-state index contributed by atoms with van der Waals surface area (Å²) in [6.07, 6.45) is -0.0702. The monoisotopic (exact) mass is 468 g/mol. The molecule has 0 radical (unpaired) electrons. The molecular formula is C22H17BrN2O3S. The minimum absolute atomic E-state index is 0.0412. The zero-order valence-electron chi connectivity index (χ0n) is 15.5. The number of benzene rings is 2. The number of hydrogen-bond donors (Lipinski definition) is 0. The van der Waals surface area contributed by atoms with E-state index in [4.69, 9.17) is 14.6 Å². The van der Waals surface area contributed by atoms with Gasteiger partial charge in [-0.2, -0.15) is 5.10 Å². The van der Waals surface area contributed by atoms with Crippen LogP contribution < -0.4 is 9.47 Å².